The van der Waals surface area contributed by atoms with Crippen molar-refractivity contribution in [2.24, 2.45) is 0 Å². The number of hydrogen-bond donors (Lipinski definition) is 2. The third-order valence-corrected chi connectivity index (χ3v) is 15.9. The van der Waals surface area contributed by atoms with E-state index in [1.165, 1.54) is 289 Å². The summed E-state index contributed by atoms with van der Waals surface area (Å²) in [6.45, 7) is 14.1. The van der Waals surface area contributed by atoms with Crippen molar-refractivity contribution < 1.29 is 24.1 Å². The molecule has 0 amide bonds. The summed E-state index contributed by atoms with van der Waals surface area (Å²) in [5.74, 6) is -2.83. The summed E-state index contributed by atoms with van der Waals surface area (Å²) in [5, 5.41) is 15.6. The predicted molar refractivity (Wildman–Crippen MR) is 322 cm³/mol. The van der Waals surface area contributed by atoms with Crippen LogP contribution in [0.4, 0.5) is 0 Å². The van der Waals surface area contributed by atoms with Gasteiger partial charge in [-0.2, -0.15) is 0 Å². The van der Waals surface area contributed by atoms with Gasteiger partial charge >= 0.3 is 0 Å². The monoisotopic (exact) mass is 1040 g/mol. The van der Waals surface area contributed by atoms with Gasteiger partial charge in [-0.05, 0) is 32.1 Å². The Hall–Kier alpha value is -0.240. The molecule has 0 saturated heterocycles. The zero-order valence-electron chi connectivity index (χ0n) is 51.0. The Morgan fingerprint density at radius 1 is 0.233 bits per heavy atom. The highest BCUT2D eigenvalue weighted by Gasteiger charge is 2.57. The van der Waals surface area contributed by atoms with E-state index >= 15 is 0 Å². The summed E-state index contributed by atoms with van der Waals surface area (Å²) >= 11 is 0. The molecule has 0 rings (SSSR count). The molecule has 0 spiro atoms. The lowest BCUT2D eigenvalue weighted by Gasteiger charge is -2.48. The van der Waals surface area contributed by atoms with Crippen LogP contribution < -0.4 is 5.32 Å². The molecule has 0 saturated carbocycles. The quantitative estimate of drug-likeness (QED) is 0.0467. The molecule has 0 aromatic heterocycles. The van der Waals surface area contributed by atoms with E-state index in [1.54, 1.807) is 0 Å². The Balaban J connectivity index is 6.10. The first-order valence-electron chi connectivity index (χ1n) is 34.0. The van der Waals surface area contributed by atoms with Crippen molar-refractivity contribution in [3.05, 3.63) is 0 Å². The van der Waals surface area contributed by atoms with Gasteiger partial charge in [0.15, 0.2) is 0 Å². The number of ether oxygens (including phenoxy) is 4. The molecule has 0 heterocycles. The molecule has 0 radical (unpaired) electrons. The van der Waals surface area contributed by atoms with E-state index in [9.17, 15) is 5.11 Å². The lowest BCUT2D eigenvalue weighted by atomic mass is 10.0. The number of unbranched alkanes of at least 4 members (excludes halogenated alkanes) is 49. The Bertz CT molecular complexity index is 943. The molecule has 440 valence electrons. The van der Waals surface area contributed by atoms with Gasteiger partial charge in [0.1, 0.15) is 6.61 Å². The smallest absolute Gasteiger partial charge is 0.287 e. The standard InChI is InChI=1S/C67H137NO5/c1-6-11-16-21-26-31-36-37-38-39-40-45-50-55-60-68-67(72-63-58-53-48-43-34-29-24-19-14-9-4,73-64-59-54-49-44-35-30-25-20-15-10-5)66(65-69,70-61-56-51-46-41-32-27-22-17-12-7-2)71-62-57-52-47-42-33-28-23-18-13-8-3/h68-69H,6-65H2,1-5H3. The van der Waals surface area contributed by atoms with Crippen LogP contribution >= 0.6 is 0 Å². The second kappa shape index (κ2) is 61.0. The first-order valence-corrected chi connectivity index (χ1v) is 34.0. The van der Waals surface area contributed by atoms with Gasteiger partial charge < -0.3 is 24.1 Å². The first kappa shape index (κ1) is 72.8. The number of rotatable bonds is 66. The second-order valence-corrected chi connectivity index (χ2v) is 23.2. The number of hydrogen-bond acceptors (Lipinski definition) is 6. The Morgan fingerprint density at radius 2 is 0.411 bits per heavy atom. The fourth-order valence-corrected chi connectivity index (χ4v) is 10.8. The fraction of sp³-hybridized carbons (Fsp3) is 1.00. The molecule has 0 bridgehead atoms. The average molecular weight is 1040 g/mol. The number of aliphatic hydroxyl groups excluding tert-OH is 1. The molecule has 0 aliphatic rings. The Morgan fingerprint density at radius 3 is 0.616 bits per heavy atom. The molecule has 0 aromatic carbocycles. The maximum Gasteiger partial charge on any atom is 0.287 e. The summed E-state index contributed by atoms with van der Waals surface area (Å²) in [7, 11) is 0. The van der Waals surface area contributed by atoms with Crippen molar-refractivity contribution >= 4 is 0 Å². The van der Waals surface area contributed by atoms with Crippen molar-refractivity contribution in [2.45, 2.75) is 393 Å². The van der Waals surface area contributed by atoms with Crippen LogP contribution in [0.1, 0.15) is 381 Å². The minimum absolute atomic E-state index is 0.301. The molecule has 6 nitrogen and oxygen atoms in total. The van der Waals surface area contributed by atoms with Gasteiger partial charge in [0, 0.05) is 6.54 Å². The van der Waals surface area contributed by atoms with E-state index in [0.717, 1.165) is 64.3 Å². The normalized spacial score (nSPS) is 12.2. The van der Waals surface area contributed by atoms with Crippen LogP contribution in [0.3, 0.4) is 0 Å². The summed E-state index contributed by atoms with van der Waals surface area (Å²) in [6, 6.07) is 0. The molecule has 0 unspecified atom stereocenters. The Kier molecular flexibility index (Phi) is 60.8. The van der Waals surface area contributed by atoms with Crippen molar-refractivity contribution in [3.8, 4) is 0 Å². The average Bonchev–Trinajstić information content (AvgIpc) is 3.40. The van der Waals surface area contributed by atoms with E-state index in [0.29, 0.717) is 26.4 Å². The van der Waals surface area contributed by atoms with Gasteiger partial charge in [0.2, 0.25) is 0 Å². The van der Waals surface area contributed by atoms with E-state index in [-0.39, 0.29) is 6.61 Å². The third kappa shape index (κ3) is 47.5. The lowest BCUT2D eigenvalue weighted by molar-refractivity contribution is -0.429. The van der Waals surface area contributed by atoms with Gasteiger partial charge in [-0.25, -0.2) is 0 Å². The zero-order valence-corrected chi connectivity index (χ0v) is 51.0. The van der Waals surface area contributed by atoms with Crippen LogP contribution in [-0.4, -0.2) is 56.4 Å². The van der Waals surface area contributed by atoms with Crippen LogP contribution in [0.25, 0.3) is 0 Å². The van der Waals surface area contributed by atoms with E-state index in [2.05, 4.69) is 39.9 Å². The van der Waals surface area contributed by atoms with Crippen LogP contribution in [0.15, 0.2) is 0 Å². The molecular formula is C67H137NO5. The predicted octanol–water partition coefficient (Wildman–Crippen LogP) is 22.1. The molecule has 73 heavy (non-hydrogen) atoms. The molecular weight excluding hydrogens is 899 g/mol. The van der Waals surface area contributed by atoms with Gasteiger partial charge in [0.25, 0.3) is 11.7 Å². The highest BCUT2D eigenvalue weighted by Crippen LogP contribution is 2.34. The Labute approximate surface area is 460 Å². The van der Waals surface area contributed by atoms with Crippen molar-refractivity contribution in [2.75, 3.05) is 39.6 Å². The maximum atomic E-state index is 11.8. The van der Waals surface area contributed by atoms with Gasteiger partial charge in [0.05, 0.1) is 26.4 Å². The molecule has 6 heteroatoms. The van der Waals surface area contributed by atoms with E-state index in [1.807, 2.05) is 0 Å². The molecule has 0 fully saturated rings. The van der Waals surface area contributed by atoms with E-state index in [4.69, 9.17) is 18.9 Å². The van der Waals surface area contributed by atoms with Crippen LogP contribution in [0.5, 0.6) is 0 Å². The highest BCUT2D eigenvalue weighted by molar-refractivity contribution is 4.89. The van der Waals surface area contributed by atoms with Gasteiger partial charge in [-0.15, -0.1) is 0 Å². The fourth-order valence-electron chi connectivity index (χ4n) is 10.8. The SMILES string of the molecule is CCCCCCCCCCCCCCCCNC(OCCCCCCCCCCCC)(OCCCCCCCCCCCC)C(CO)(OCCCCCCCCCCCC)OCCCCCCCCCCCC. The summed E-state index contributed by atoms with van der Waals surface area (Å²) < 4.78 is 28.3. The van der Waals surface area contributed by atoms with Crippen LogP contribution in [0.2, 0.25) is 0 Å². The third-order valence-electron chi connectivity index (χ3n) is 15.9. The molecule has 0 aliphatic carbocycles. The molecule has 0 aliphatic heterocycles. The second-order valence-electron chi connectivity index (χ2n) is 23.2. The minimum Gasteiger partial charge on any atom is -0.390 e. The van der Waals surface area contributed by atoms with Crippen molar-refractivity contribution in [1.82, 2.24) is 5.32 Å². The van der Waals surface area contributed by atoms with E-state index < -0.39 is 11.7 Å². The topological polar surface area (TPSA) is 69.2 Å². The molecule has 0 aromatic rings. The van der Waals surface area contributed by atoms with Crippen molar-refractivity contribution in [3.63, 3.8) is 0 Å². The number of aliphatic hydroxyl groups is 1. The number of nitrogens with one attached hydrogen (secondary N) is 1. The van der Waals surface area contributed by atoms with Crippen LogP contribution in [0, 0.1) is 0 Å². The summed E-state index contributed by atoms with van der Waals surface area (Å²) in [4.78, 5) is 0. The molecule has 0 atom stereocenters. The zero-order chi connectivity index (χ0) is 53.0. The lowest BCUT2D eigenvalue weighted by Crippen LogP contribution is -2.70. The van der Waals surface area contributed by atoms with Gasteiger partial charge in [-0.3, -0.25) is 5.32 Å². The summed E-state index contributed by atoms with van der Waals surface area (Å²) in [5.41, 5.74) is 0. The molecule has 2 N–H and O–H groups in total. The van der Waals surface area contributed by atoms with Gasteiger partial charge in [-0.1, -0.05) is 349 Å². The highest BCUT2D eigenvalue weighted by atomic mass is 16.8. The van der Waals surface area contributed by atoms with Crippen molar-refractivity contribution in [1.29, 1.82) is 0 Å². The largest absolute Gasteiger partial charge is 0.390 e. The summed E-state index contributed by atoms with van der Waals surface area (Å²) in [6.07, 6.45) is 69.8. The maximum absolute atomic E-state index is 11.8. The first-order chi connectivity index (χ1) is 36.1. The minimum atomic E-state index is -1.45. The van der Waals surface area contributed by atoms with Crippen LogP contribution in [-0.2, 0) is 18.9 Å².